The van der Waals surface area contributed by atoms with Crippen LogP contribution in [0.1, 0.15) is 41.2 Å². The van der Waals surface area contributed by atoms with Crippen LogP contribution in [0.2, 0.25) is 0 Å². The van der Waals surface area contributed by atoms with Crippen molar-refractivity contribution in [3.63, 3.8) is 0 Å². The smallest absolute Gasteiger partial charge is 0.221 e. The number of aryl methyl sites for hydroxylation is 3. The number of carbonyl (C=O) groups excluding carboxylic acids is 1. The van der Waals surface area contributed by atoms with Gasteiger partial charge >= 0.3 is 0 Å². The lowest BCUT2D eigenvalue weighted by Gasteiger charge is -2.24. The third-order valence-corrected chi connectivity index (χ3v) is 4.10. The normalized spacial score (nSPS) is 13.8. The van der Waals surface area contributed by atoms with Gasteiger partial charge in [0.25, 0.3) is 0 Å². The van der Waals surface area contributed by atoms with Crippen molar-refractivity contribution in [3.05, 3.63) is 70.3 Å². The van der Waals surface area contributed by atoms with Gasteiger partial charge in [-0.1, -0.05) is 53.6 Å². The maximum absolute atomic E-state index is 11.7. The number of allylic oxidation sites excluding steroid dienone is 1. The Morgan fingerprint density at radius 3 is 2.36 bits per heavy atom. The maximum atomic E-state index is 11.7. The first-order valence-corrected chi connectivity index (χ1v) is 7.72. The van der Waals surface area contributed by atoms with Crippen LogP contribution in [0.4, 0.5) is 0 Å². The fourth-order valence-electron chi connectivity index (χ4n) is 3.29. The molecule has 0 saturated carbocycles. The molecule has 2 aromatic rings. The number of carbonyl (C=O) groups is 1. The molecule has 0 saturated heterocycles. The van der Waals surface area contributed by atoms with E-state index in [-0.39, 0.29) is 5.91 Å². The first-order chi connectivity index (χ1) is 10.5. The first-order valence-electron chi connectivity index (χ1n) is 7.72. The predicted molar refractivity (Wildman–Crippen MR) is 91.3 cm³/mol. The van der Waals surface area contributed by atoms with E-state index in [0.717, 1.165) is 24.1 Å². The van der Waals surface area contributed by atoms with Gasteiger partial charge in [0.05, 0.1) is 5.70 Å². The molecule has 0 aromatic heterocycles. The minimum Gasteiger partial charge on any atom is -0.326 e. The lowest BCUT2D eigenvalue weighted by atomic mass is 9.85. The Morgan fingerprint density at radius 1 is 1.00 bits per heavy atom. The predicted octanol–water partition coefficient (Wildman–Crippen LogP) is 4.25. The molecule has 0 spiro atoms. The fourth-order valence-corrected chi connectivity index (χ4v) is 3.29. The van der Waals surface area contributed by atoms with Gasteiger partial charge in [0.15, 0.2) is 0 Å². The summed E-state index contributed by atoms with van der Waals surface area (Å²) in [7, 11) is 0. The summed E-state index contributed by atoms with van der Waals surface area (Å²) in [6.07, 6.45) is 1.97. The Bertz CT molecular complexity index is 751. The van der Waals surface area contributed by atoms with Gasteiger partial charge in [-0.15, -0.1) is 0 Å². The Balaban J connectivity index is 2.20. The van der Waals surface area contributed by atoms with Crippen LogP contribution in [-0.4, -0.2) is 5.91 Å². The van der Waals surface area contributed by atoms with Crippen molar-refractivity contribution in [2.45, 2.75) is 33.6 Å². The summed E-state index contributed by atoms with van der Waals surface area (Å²) in [6, 6.07) is 14.9. The third kappa shape index (κ3) is 2.82. The number of benzene rings is 2. The van der Waals surface area contributed by atoms with Crippen LogP contribution in [0.5, 0.6) is 0 Å². The summed E-state index contributed by atoms with van der Waals surface area (Å²) in [5.41, 5.74) is 8.39. The van der Waals surface area contributed by atoms with Gasteiger partial charge in [-0.05, 0) is 43.4 Å². The molecule has 22 heavy (non-hydrogen) atoms. The molecule has 1 amide bonds. The molecule has 3 rings (SSSR count). The Hall–Kier alpha value is -2.35. The second-order valence-corrected chi connectivity index (χ2v) is 6.07. The van der Waals surface area contributed by atoms with Gasteiger partial charge in [0.2, 0.25) is 5.91 Å². The highest BCUT2D eigenvalue weighted by atomic mass is 16.1. The topological polar surface area (TPSA) is 29.1 Å². The van der Waals surface area contributed by atoms with Gasteiger partial charge in [0, 0.05) is 12.5 Å². The number of fused-ring (bicyclic) bond motifs is 1. The molecule has 1 aliphatic carbocycles. The second kappa shape index (κ2) is 5.80. The van der Waals surface area contributed by atoms with Crippen LogP contribution in [0.15, 0.2) is 42.5 Å². The van der Waals surface area contributed by atoms with Crippen LogP contribution >= 0.6 is 0 Å². The minimum absolute atomic E-state index is 0.0198. The molecule has 1 aliphatic rings. The number of hydrogen-bond donors (Lipinski definition) is 1. The molecule has 2 aromatic carbocycles. The van der Waals surface area contributed by atoms with Gasteiger partial charge in [-0.2, -0.15) is 0 Å². The molecule has 0 aliphatic heterocycles. The molecule has 1 N–H and O–H groups in total. The molecule has 2 nitrogen and oxygen atoms in total. The zero-order valence-corrected chi connectivity index (χ0v) is 13.4. The molecule has 112 valence electrons. The number of nitrogens with one attached hydrogen (secondary N) is 1. The number of rotatable bonds is 2. The molecule has 0 atom stereocenters. The van der Waals surface area contributed by atoms with E-state index in [4.69, 9.17) is 0 Å². The quantitative estimate of drug-likeness (QED) is 0.880. The minimum atomic E-state index is -0.0198. The van der Waals surface area contributed by atoms with E-state index < -0.39 is 0 Å². The summed E-state index contributed by atoms with van der Waals surface area (Å²) >= 11 is 0. The highest BCUT2D eigenvalue weighted by Crippen LogP contribution is 2.35. The molecule has 0 fully saturated rings. The van der Waals surface area contributed by atoms with Gasteiger partial charge in [-0.25, -0.2) is 0 Å². The Kier molecular flexibility index (Phi) is 3.84. The van der Waals surface area contributed by atoms with Crippen molar-refractivity contribution in [1.82, 2.24) is 5.32 Å². The van der Waals surface area contributed by atoms with E-state index >= 15 is 0 Å². The number of hydrogen-bond acceptors (Lipinski definition) is 1. The van der Waals surface area contributed by atoms with E-state index in [0.29, 0.717) is 0 Å². The van der Waals surface area contributed by atoms with Crippen molar-refractivity contribution in [3.8, 4) is 0 Å². The van der Waals surface area contributed by atoms with Gasteiger partial charge < -0.3 is 5.32 Å². The average Bonchev–Trinajstić information content (AvgIpc) is 2.46. The van der Waals surface area contributed by atoms with E-state index in [9.17, 15) is 4.79 Å². The fraction of sp³-hybridized carbons (Fsp3) is 0.250. The molecule has 0 bridgehead atoms. The standard InChI is InChI=1S/C20H21NO/c1-13-10-14(2)12-17(11-13)19-9-8-16-6-4-5-7-18(16)20(19)21-15(3)22/h4-7,10-12H,8-9H2,1-3H3,(H,21,22). The van der Waals surface area contributed by atoms with E-state index in [1.54, 1.807) is 6.92 Å². The maximum Gasteiger partial charge on any atom is 0.221 e. The molecular weight excluding hydrogens is 270 g/mol. The summed E-state index contributed by atoms with van der Waals surface area (Å²) in [5, 5.41) is 3.07. The summed E-state index contributed by atoms with van der Waals surface area (Å²) in [4.78, 5) is 11.7. The summed E-state index contributed by atoms with van der Waals surface area (Å²) in [6.45, 7) is 5.81. The van der Waals surface area contributed by atoms with Crippen LogP contribution in [0, 0.1) is 13.8 Å². The highest BCUT2D eigenvalue weighted by Gasteiger charge is 2.20. The molecule has 0 unspecified atom stereocenters. The first kappa shape index (κ1) is 14.6. The van der Waals surface area contributed by atoms with Crippen LogP contribution in [0.25, 0.3) is 11.3 Å². The van der Waals surface area contributed by atoms with Crippen LogP contribution < -0.4 is 5.32 Å². The van der Waals surface area contributed by atoms with E-state index in [1.165, 1.54) is 27.8 Å². The lowest BCUT2D eigenvalue weighted by molar-refractivity contribution is -0.117. The molecule has 0 heterocycles. The van der Waals surface area contributed by atoms with Crippen molar-refractivity contribution in [2.75, 3.05) is 0 Å². The van der Waals surface area contributed by atoms with Crippen LogP contribution in [-0.2, 0) is 11.2 Å². The van der Waals surface area contributed by atoms with Crippen molar-refractivity contribution >= 4 is 17.2 Å². The van der Waals surface area contributed by atoms with E-state index in [2.05, 4.69) is 55.6 Å². The highest BCUT2D eigenvalue weighted by molar-refractivity contribution is 5.98. The van der Waals surface area contributed by atoms with Crippen molar-refractivity contribution in [2.24, 2.45) is 0 Å². The monoisotopic (exact) mass is 291 g/mol. The zero-order chi connectivity index (χ0) is 15.7. The van der Waals surface area contributed by atoms with E-state index in [1.807, 2.05) is 6.07 Å². The summed E-state index contributed by atoms with van der Waals surface area (Å²) in [5.74, 6) is -0.0198. The molecule has 2 heteroatoms. The largest absolute Gasteiger partial charge is 0.326 e. The van der Waals surface area contributed by atoms with Gasteiger partial charge in [-0.3, -0.25) is 4.79 Å². The third-order valence-electron chi connectivity index (χ3n) is 4.10. The molecule has 0 radical (unpaired) electrons. The van der Waals surface area contributed by atoms with Crippen LogP contribution in [0.3, 0.4) is 0 Å². The Morgan fingerprint density at radius 2 is 1.68 bits per heavy atom. The SMILES string of the molecule is CC(=O)NC1=C(c2cc(C)cc(C)c2)CCc2ccccc21. The second-order valence-electron chi connectivity index (χ2n) is 6.07. The van der Waals surface area contributed by atoms with Gasteiger partial charge in [0.1, 0.15) is 0 Å². The zero-order valence-electron chi connectivity index (χ0n) is 13.4. The number of amides is 1. The van der Waals surface area contributed by atoms with Crippen molar-refractivity contribution < 1.29 is 4.79 Å². The lowest BCUT2D eigenvalue weighted by Crippen LogP contribution is -2.22. The van der Waals surface area contributed by atoms with Crippen molar-refractivity contribution in [1.29, 1.82) is 0 Å². The summed E-state index contributed by atoms with van der Waals surface area (Å²) < 4.78 is 0. The average molecular weight is 291 g/mol. The Labute approximate surface area is 131 Å². The molecular formula is C20H21NO.